The molecule has 26 heavy (non-hydrogen) atoms. The molecule has 5 nitrogen and oxygen atoms in total. The summed E-state index contributed by atoms with van der Waals surface area (Å²) in [5.41, 5.74) is 1.73. The number of rotatable bonds is 6. The van der Waals surface area contributed by atoms with Crippen molar-refractivity contribution in [1.29, 1.82) is 0 Å². The Hall–Kier alpha value is -2.56. The largest absolute Gasteiger partial charge is 0.467 e. The Labute approximate surface area is 155 Å². The quantitative estimate of drug-likeness (QED) is 0.830. The number of furan rings is 1. The van der Waals surface area contributed by atoms with Crippen LogP contribution in [0.5, 0.6) is 0 Å². The molecule has 0 bridgehead atoms. The standard InChI is InChI=1S/C21H28N2O3/c1-14(2)18(20(25)22-13-17-7-6-12-26-17)23-19(24)15-8-10-16(11-9-15)21(3,4)5/h6-12,14,18H,13H2,1-5H3,(H,22,25)(H,23,24)/t18-/m0/s1. The van der Waals surface area contributed by atoms with Gasteiger partial charge in [0.1, 0.15) is 11.8 Å². The van der Waals surface area contributed by atoms with Gasteiger partial charge in [0.25, 0.3) is 5.91 Å². The number of carbonyl (C=O) groups is 2. The molecule has 1 atom stereocenters. The molecule has 0 aliphatic carbocycles. The summed E-state index contributed by atoms with van der Waals surface area (Å²) in [6.45, 7) is 10.5. The van der Waals surface area contributed by atoms with Gasteiger partial charge in [0.05, 0.1) is 12.8 Å². The van der Waals surface area contributed by atoms with Crippen LogP contribution in [0.4, 0.5) is 0 Å². The van der Waals surface area contributed by atoms with E-state index in [0.29, 0.717) is 17.9 Å². The van der Waals surface area contributed by atoms with Gasteiger partial charge in [-0.25, -0.2) is 0 Å². The minimum Gasteiger partial charge on any atom is -0.467 e. The highest BCUT2D eigenvalue weighted by Crippen LogP contribution is 2.22. The second-order valence-electron chi connectivity index (χ2n) is 7.82. The summed E-state index contributed by atoms with van der Waals surface area (Å²) in [7, 11) is 0. The summed E-state index contributed by atoms with van der Waals surface area (Å²) in [4.78, 5) is 25.0. The van der Waals surface area contributed by atoms with E-state index in [1.807, 2.05) is 26.0 Å². The van der Waals surface area contributed by atoms with Gasteiger partial charge in [-0.3, -0.25) is 9.59 Å². The second kappa shape index (κ2) is 8.21. The van der Waals surface area contributed by atoms with Gasteiger partial charge >= 0.3 is 0 Å². The Kier molecular flexibility index (Phi) is 6.24. The molecule has 0 unspecified atom stereocenters. The molecule has 0 spiro atoms. The number of hydrogen-bond donors (Lipinski definition) is 2. The number of carbonyl (C=O) groups excluding carboxylic acids is 2. The molecule has 0 fully saturated rings. The van der Waals surface area contributed by atoms with Crippen molar-refractivity contribution in [1.82, 2.24) is 10.6 Å². The van der Waals surface area contributed by atoms with E-state index in [-0.39, 0.29) is 23.1 Å². The molecule has 0 aliphatic heterocycles. The predicted octanol–water partition coefficient (Wildman–Crippen LogP) is 3.65. The van der Waals surface area contributed by atoms with Crippen molar-refractivity contribution in [2.45, 2.75) is 52.6 Å². The molecule has 0 radical (unpaired) electrons. The van der Waals surface area contributed by atoms with E-state index >= 15 is 0 Å². The summed E-state index contributed by atoms with van der Waals surface area (Å²) in [5.74, 6) is 0.155. The van der Waals surface area contributed by atoms with Gasteiger partial charge < -0.3 is 15.1 Å². The summed E-state index contributed by atoms with van der Waals surface area (Å²) in [5, 5.41) is 5.64. The summed E-state index contributed by atoms with van der Waals surface area (Å²) < 4.78 is 5.21. The number of nitrogens with one attached hydrogen (secondary N) is 2. The van der Waals surface area contributed by atoms with Crippen molar-refractivity contribution in [3.05, 3.63) is 59.5 Å². The van der Waals surface area contributed by atoms with Gasteiger partial charge in [-0.2, -0.15) is 0 Å². The Morgan fingerprint density at radius 2 is 1.73 bits per heavy atom. The monoisotopic (exact) mass is 356 g/mol. The molecule has 0 saturated carbocycles. The average Bonchev–Trinajstić information content (AvgIpc) is 3.10. The zero-order valence-electron chi connectivity index (χ0n) is 16.1. The first kappa shape index (κ1) is 19.8. The molecule has 1 heterocycles. The lowest BCUT2D eigenvalue weighted by Crippen LogP contribution is -2.49. The molecule has 1 aromatic heterocycles. The van der Waals surface area contributed by atoms with Crippen molar-refractivity contribution in [2.24, 2.45) is 5.92 Å². The van der Waals surface area contributed by atoms with Gasteiger partial charge in [0.2, 0.25) is 5.91 Å². The third-order valence-electron chi connectivity index (χ3n) is 4.27. The number of amides is 2. The third-order valence-corrected chi connectivity index (χ3v) is 4.27. The van der Waals surface area contributed by atoms with Crippen LogP contribution in [-0.2, 0) is 16.8 Å². The van der Waals surface area contributed by atoms with E-state index in [2.05, 4.69) is 31.4 Å². The summed E-state index contributed by atoms with van der Waals surface area (Å²) in [6, 6.07) is 10.5. The Bertz CT molecular complexity index is 726. The molecule has 2 N–H and O–H groups in total. The maximum Gasteiger partial charge on any atom is 0.251 e. The van der Waals surface area contributed by atoms with E-state index in [1.165, 1.54) is 0 Å². The third kappa shape index (κ3) is 5.22. The lowest BCUT2D eigenvalue weighted by Gasteiger charge is -2.22. The van der Waals surface area contributed by atoms with Crippen molar-refractivity contribution in [2.75, 3.05) is 0 Å². The maximum absolute atomic E-state index is 12.5. The van der Waals surface area contributed by atoms with Gasteiger partial charge in [-0.15, -0.1) is 0 Å². The smallest absolute Gasteiger partial charge is 0.251 e. The molecule has 2 amide bonds. The van der Waals surface area contributed by atoms with Crippen LogP contribution < -0.4 is 10.6 Å². The molecule has 5 heteroatoms. The number of hydrogen-bond acceptors (Lipinski definition) is 3. The van der Waals surface area contributed by atoms with Crippen LogP contribution >= 0.6 is 0 Å². The molecule has 0 saturated heterocycles. The first-order valence-corrected chi connectivity index (χ1v) is 8.90. The zero-order chi connectivity index (χ0) is 19.3. The molecule has 140 valence electrons. The zero-order valence-corrected chi connectivity index (χ0v) is 16.1. The van der Waals surface area contributed by atoms with Crippen molar-refractivity contribution < 1.29 is 14.0 Å². The highest BCUT2D eigenvalue weighted by Gasteiger charge is 2.25. The van der Waals surface area contributed by atoms with Crippen LogP contribution in [0, 0.1) is 5.92 Å². The fourth-order valence-electron chi connectivity index (χ4n) is 2.58. The van der Waals surface area contributed by atoms with Crippen molar-refractivity contribution in [3.8, 4) is 0 Å². The minimum absolute atomic E-state index is 0.0290. The van der Waals surface area contributed by atoms with Gasteiger partial charge in [-0.1, -0.05) is 46.8 Å². The van der Waals surface area contributed by atoms with E-state index in [1.54, 1.807) is 30.5 Å². The molecule has 2 aromatic rings. The summed E-state index contributed by atoms with van der Waals surface area (Å²) in [6.07, 6.45) is 1.56. The number of benzene rings is 1. The molecule has 2 rings (SSSR count). The predicted molar refractivity (Wildman–Crippen MR) is 102 cm³/mol. The SMILES string of the molecule is CC(C)[C@H](NC(=O)c1ccc(C(C)(C)C)cc1)C(=O)NCc1ccco1. The highest BCUT2D eigenvalue weighted by molar-refractivity contribution is 5.97. The Balaban J connectivity index is 2.01. The van der Waals surface area contributed by atoms with Crippen LogP contribution in [-0.4, -0.2) is 17.9 Å². The lowest BCUT2D eigenvalue weighted by molar-refractivity contribution is -0.124. The van der Waals surface area contributed by atoms with Crippen LogP contribution in [0.3, 0.4) is 0 Å². The Morgan fingerprint density at radius 1 is 1.08 bits per heavy atom. The van der Waals surface area contributed by atoms with Crippen LogP contribution in [0.25, 0.3) is 0 Å². The Morgan fingerprint density at radius 3 is 2.23 bits per heavy atom. The second-order valence-corrected chi connectivity index (χ2v) is 7.82. The van der Waals surface area contributed by atoms with E-state index in [9.17, 15) is 9.59 Å². The molecule has 0 aliphatic rings. The molecular formula is C21H28N2O3. The van der Waals surface area contributed by atoms with Crippen molar-refractivity contribution >= 4 is 11.8 Å². The van der Waals surface area contributed by atoms with E-state index in [4.69, 9.17) is 4.42 Å². The highest BCUT2D eigenvalue weighted by atomic mass is 16.3. The van der Waals surface area contributed by atoms with Crippen molar-refractivity contribution in [3.63, 3.8) is 0 Å². The lowest BCUT2D eigenvalue weighted by atomic mass is 9.86. The van der Waals surface area contributed by atoms with Crippen LogP contribution in [0.2, 0.25) is 0 Å². The van der Waals surface area contributed by atoms with Crippen LogP contribution in [0.15, 0.2) is 47.1 Å². The molecular weight excluding hydrogens is 328 g/mol. The van der Waals surface area contributed by atoms with Gasteiger partial charge in [-0.05, 0) is 41.2 Å². The topological polar surface area (TPSA) is 71.3 Å². The van der Waals surface area contributed by atoms with Gasteiger partial charge in [0.15, 0.2) is 0 Å². The average molecular weight is 356 g/mol. The normalized spacial score (nSPS) is 12.7. The first-order valence-electron chi connectivity index (χ1n) is 8.90. The fourth-order valence-corrected chi connectivity index (χ4v) is 2.58. The summed E-state index contributed by atoms with van der Waals surface area (Å²) >= 11 is 0. The van der Waals surface area contributed by atoms with Gasteiger partial charge in [0, 0.05) is 5.56 Å². The maximum atomic E-state index is 12.5. The van der Waals surface area contributed by atoms with Crippen LogP contribution in [0.1, 0.15) is 56.3 Å². The minimum atomic E-state index is -0.611. The first-order chi connectivity index (χ1) is 12.2. The van der Waals surface area contributed by atoms with E-state index < -0.39 is 6.04 Å². The molecule has 1 aromatic carbocycles. The fraction of sp³-hybridized carbons (Fsp3) is 0.429. The van der Waals surface area contributed by atoms with E-state index in [0.717, 1.165) is 5.56 Å².